The first-order valence-electron chi connectivity index (χ1n) is 33.3. The standard InChI is InChI=1S/C67H109N13O16/c1-15-44(8)58(52(91-13)39-54(82)80-32-20-24-51(80)60(92-14)45(9)61(84)72-46(10)59(83)48-21-17-16-18-22-48)78(11)65(88)56(42(4)5)76-64(87)57(43(6)7)79(12)67(90)96-40-47-25-27-49(28-26-47)73-62(85)50(23-19-30-70-66(68)89)74-63(86)55(41(2)3)75-53(81)29-33-93-35-37-95-38-36-94-34-31-71-77-69/h16-18,21-22,25-28,41-46,50-52,55-60,83H,15,19-20,23-24,29-40H2,1-14H3,(H,72,84)(H,73,85)(H,74,86)(H,75,81)(H,76,87)(H3,68,70,89). The van der Waals surface area contributed by atoms with Crippen LogP contribution in [0.4, 0.5) is 15.3 Å². The number of nitrogens with zero attached hydrogens (tertiary/aromatic N) is 6. The maximum absolute atomic E-state index is 14.8. The number of likely N-dealkylation sites (tertiary alicyclic amines) is 1. The van der Waals surface area contributed by atoms with Crippen molar-refractivity contribution in [3.8, 4) is 0 Å². The molecule has 12 unspecified atom stereocenters. The maximum Gasteiger partial charge on any atom is 0.410 e. The van der Waals surface area contributed by atoms with Crippen LogP contribution < -0.4 is 37.6 Å². The zero-order valence-electron chi connectivity index (χ0n) is 58.7. The average Bonchev–Trinajstić information content (AvgIpc) is 1.50. The van der Waals surface area contributed by atoms with Crippen molar-refractivity contribution in [1.82, 2.24) is 41.3 Å². The minimum Gasteiger partial charge on any atom is -0.445 e. The number of aliphatic hydroxyl groups is 1. The molecule has 1 saturated heterocycles. The molecule has 12 atom stereocenters. The molecule has 1 aliphatic rings. The Bertz CT molecular complexity index is 2800. The molecule has 1 heterocycles. The molecule has 538 valence electrons. The molecule has 0 aromatic heterocycles. The molecule has 1 aliphatic heterocycles. The summed E-state index contributed by atoms with van der Waals surface area (Å²) in [6.07, 6.45) is -1.12. The lowest BCUT2D eigenvalue weighted by Gasteiger charge is -2.41. The lowest BCUT2D eigenvalue weighted by atomic mass is 9.89. The second-order valence-electron chi connectivity index (χ2n) is 25.3. The summed E-state index contributed by atoms with van der Waals surface area (Å²) < 4.78 is 33.9. The number of rotatable bonds is 44. The number of carbonyl (C=O) groups is 9. The highest BCUT2D eigenvalue weighted by Gasteiger charge is 2.44. The fraction of sp³-hybridized carbons (Fsp3) is 0.687. The number of amides is 10. The van der Waals surface area contributed by atoms with Crippen molar-refractivity contribution < 1.29 is 76.7 Å². The second kappa shape index (κ2) is 43.5. The number of primary amides is 1. The van der Waals surface area contributed by atoms with Crippen LogP contribution in [0.15, 0.2) is 59.7 Å². The highest BCUT2D eigenvalue weighted by atomic mass is 16.6. The van der Waals surface area contributed by atoms with Gasteiger partial charge in [0.2, 0.25) is 41.4 Å². The SMILES string of the molecule is CCC(C)C(C(CC(=O)N1CCCC1C(OC)C(C)C(=O)NC(C)C(O)c1ccccc1)OC)N(C)C(=O)C(NC(=O)C(C(C)C)N(C)C(=O)OCc1ccc(NC(=O)C(CCCNC(N)=O)NC(=O)C(NC(=O)CCOCCOCCOCCN=[N+]=[N-])C(C)C)cc1)C(C)C. The third-order valence-electron chi connectivity index (χ3n) is 17.1. The second-order valence-corrected chi connectivity index (χ2v) is 25.3. The average molecular weight is 1350 g/mol. The highest BCUT2D eigenvalue weighted by molar-refractivity contribution is 5.98. The number of nitrogens with two attached hydrogens (primary N) is 1. The summed E-state index contributed by atoms with van der Waals surface area (Å²) in [5.41, 5.74) is 15.1. The summed E-state index contributed by atoms with van der Waals surface area (Å²) in [5, 5.41) is 31.0. The number of likely N-dealkylation sites (N-methyl/N-ethyl adjacent to an activating group) is 2. The fourth-order valence-electron chi connectivity index (χ4n) is 11.5. The number of aliphatic hydroxyl groups excluding tert-OH is 1. The normalized spacial score (nSPS) is 16.4. The Morgan fingerprint density at radius 2 is 1.36 bits per heavy atom. The van der Waals surface area contributed by atoms with E-state index >= 15 is 0 Å². The summed E-state index contributed by atoms with van der Waals surface area (Å²) in [7, 11) is 6.08. The van der Waals surface area contributed by atoms with Crippen molar-refractivity contribution in [3.05, 3.63) is 76.2 Å². The van der Waals surface area contributed by atoms with E-state index in [1.165, 1.54) is 26.2 Å². The van der Waals surface area contributed by atoms with Gasteiger partial charge in [0, 0.05) is 65.0 Å². The number of azide groups is 1. The number of hydrogen-bond donors (Lipinski definition) is 8. The largest absolute Gasteiger partial charge is 0.445 e. The number of nitrogens with one attached hydrogen (secondary N) is 6. The van der Waals surface area contributed by atoms with Gasteiger partial charge in [-0.3, -0.25) is 38.5 Å². The third kappa shape index (κ3) is 27.1. The van der Waals surface area contributed by atoms with Crippen LogP contribution >= 0.6 is 0 Å². The van der Waals surface area contributed by atoms with Gasteiger partial charge in [-0.15, -0.1) is 0 Å². The van der Waals surface area contributed by atoms with Crippen molar-refractivity contribution in [2.75, 3.05) is 92.9 Å². The molecule has 96 heavy (non-hydrogen) atoms. The van der Waals surface area contributed by atoms with Crippen LogP contribution in [0.2, 0.25) is 0 Å². The summed E-state index contributed by atoms with van der Waals surface area (Å²) in [6.45, 7) is 20.0. The van der Waals surface area contributed by atoms with Crippen LogP contribution in [-0.2, 0) is 68.6 Å². The molecule has 2 aromatic rings. The quantitative estimate of drug-likeness (QED) is 0.0180. The monoisotopic (exact) mass is 1350 g/mol. The molecule has 0 aliphatic carbocycles. The van der Waals surface area contributed by atoms with E-state index in [2.05, 4.69) is 41.9 Å². The smallest absolute Gasteiger partial charge is 0.410 e. The van der Waals surface area contributed by atoms with E-state index < -0.39 is 120 Å². The number of ether oxygens (including phenoxy) is 6. The topological polar surface area (TPSA) is 386 Å². The molecule has 0 bridgehead atoms. The Morgan fingerprint density at radius 1 is 0.740 bits per heavy atom. The molecular weight excluding hydrogens is 1240 g/mol. The minimum atomic E-state index is -1.11. The van der Waals surface area contributed by atoms with Gasteiger partial charge in [0.1, 0.15) is 30.8 Å². The first-order chi connectivity index (χ1) is 45.6. The van der Waals surface area contributed by atoms with E-state index in [9.17, 15) is 48.3 Å². The van der Waals surface area contributed by atoms with E-state index in [0.29, 0.717) is 55.8 Å². The molecule has 0 spiro atoms. The number of anilines is 1. The summed E-state index contributed by atoms with van der Waals surface area (Å²) in [4.78, 5) is 130. The maximum atomic E-state index is 14.8. The Hall–Kier alpha value is -7.66. The van der Waals surface area contributed by atoms with Gasteiger partial charge in [0.05, 0.1) is 88.4 Å². The van der Waals surface area contributed by atoms with Gasteiger partial charge in [0.15, 0.2) is 0 Å². The predicted molar refractivity (Wildman–Crippen MR) is 360 cm³/mol. The van der Waals surface area contributed by atoms with Crippen LogP contribution in [-0.4, -0.2) is 215 Å². The molecule has 0 radical (unpaired) electrons. The van der Waals surface area contributed by atoms with Gasteiger partial charge in [0.25, 0.3) is 0 Å². The van der Waals surface area contributed by atoms with Gasteiger partial charge in [-0.25, -0.2) is 9.59 Å². The van der Waals surface area contributed by atoms with Crippen LogP contribution in [0.1, 0.15) is 131 Å². The molecule has 10 amide bonds. The molecular formula is C67H109N13O16. The van der Waals surface area contributed by atoms with Crippen LogP contribution in [0.3, 0.4) is 0 Å². The van der Waals surface area contributed by atoms with Crippen molar-refractivity contribution in [2.24, 2.45) is 40.4 Å². The molecule has 9 N–H and O–H groups in total. The first-order valence-corrected chi connectivity index (χ1v) is 33.3. The number of benzene rings is 2. The molecule has 3 rings (SSSR count). The Labute approximate surface area is 566 Å². The zero-order chi connectivity index (χ0) is 71.6. The molecule has 0 saturated carbocycles. The number of urea groups is 1. The first kappa shape index (κ1) is 82.6. The lowest BCUT2D eigenvalue weighted by Crippen LogP contribution is -2.60. The van der Waals surface area contributed by atoms with Crippen molar-refractivity contribution in [1.29, 1.82) is 0 Å². The predicted octanol–water partition coefficient (Wildman–Crippen LogP) is 5.34. The third-order valence-corrected chi connectivity index (χ3v) is 17.1. The lowest BCUT2D eigenvalue weighted by molar-refractivity contribution is -0.148. The van der Waals surface area contributed by atoms with Crippen LogP contribution in [0.5, 0.6) is 0 Å². The van der Waals surface area contributed by atoms with Gasteiger partial charge in [-0.2, -0.15) is 0 Å². The van der Waals surface area contributed by atoms with E-state index in [4.69, 9.17) is 39.7 Å². The zero-order valence-corrected chi connectivity index (χ0v) is 58.7. The molecule has 1 fully saturated rings. The van der Waals surface area contributed by atoms with Crippen molar-refractivity contribution >= 4 is 59.2 Å². The van der Waals surface area contributed by atoms with E-state index in [1.54, 1.807) is 109 Å². The Balaban J connectivity index is 1.65. The van der Waals surface area contributed by atoms with E-state index in [-0.39, 0.29) is 95.5 Å². The number of methoxy groups -OCH3 is 2. The molecule has 29 heteroatoms. The van der Waals surface area contributed by atoms with Gasteiger partial charge >= 0.3 is 12.1 Å². The van der Waals surface area contributed by atoms with Gasteiger partial charge in [-0.1, -0.05) is 116 Å². The number of carbonyl (C=O) groups excluding carboxylic acids is 9. The van der Waals surface area contributed by atoms with Gasteiger partial charge in [-0.05, 0) is 85.1 Å². The van der Waals surface area contributed by atoms with E-state index in [0.717, 1.165) is 0 Å². The Kier molecular flexibility index (Phi) is 37.4. The highest BCUT2D eigenvalue weighted by Crippen LogP contribution is 2.30. The van der Waals surface area contributed by atoms with Crippen molar-refractivity contribution in [3.63, 3.8) is 0 Å². The fourth-order valence-corrected chi connectivity index (χ4v) is 11.5. The van der Waals surface area contributed by atoms with Crippen LogP contribution in [0.25, 0.3) is 10.4 Å². The molecule has 29 nitrogen and oxygen atoms in total. The summed E-state index contributed by atoms with van der Waals surface area (Å²) in [6, 6.07) is 8.74. The van der Waals surface area contributed by atoms with E-state index in [1.807, 2.05) is 32.0 Å². The van der Waals surface area contributed by atoms with Gasteiger partial charge < -0.3 is 81.0 Å². The van der Waals surface area contributed by atoms with Crippen LogP contribution in [0, 0.1) is 29.6 Å². The minimum absolute atomic E-state index is 0.0506. The molecule has 2 aromatic carbocycles. The van der Waals surface area contributed by atoms with Crippen molar-refractivity contribution in [2.45, 2.75) is 181 Å². The summed E-state index contributed by atoms with van der Waals surface area (Å²) >= 11 is 0. The Morgan fingerprint density at radius 3 is 1.94 bits per heavy atom. The number of hydrogen-bond acceptors (Lipinski definition) is 17. The summed E-state index contributed by atoms with van der Waals surface area (Å²) in [5.74, 6) is -5.34.